The summed E-state index contributed by atoms with van der Waals surface area (Å²) >= 11 is 0. The van der Waals surface area contributed by atoms with Gasteiger partial charge < -0.3 is 15.1 Å². The quantitative estimate of drug-likeness (QED) is 0.668. The summed E-state index contributed by atoms with van der Waals surface area (Å²) in [6, 6.07) is 10.9. The van der Waals surface area contributed by atoms with Crippen molar-refractivity contribution in [3.8, 4) is 0 Å². The number of aryl methyl sites for hydroxylation is 1. The molecular formula is C22H24F3N5O2. The van der Waals surface area contributed by atoms with Crippen molar-refractivity contribution in [3.63, 3.8) is 0 Å². The fourth-order valence-corrected chi connectivity index (χ4v) is 3.99. The second-order valence-corrected chi connectivity index (χ2v) is 7.98. The van der Waals surface area contributed by atoms with E-state index in [-0.39, 0.29) is 5.69 Å². The number of anilines is 2. The molecule has 1 aliphatic heterocycles. The third kappa shape index (κ3) is 4.22. The summed E-state index contributed by atoms with van der Waals surface area (Å²) in [5.41, 5.74) is -0.00728. The van der Waals surface area contributed by atoms with Crippen molar-refractivity contribution in [1.82, 2.24) is 14.0 Å². The van der Waals surface area contributed by atoms with E-state index in [1.54, 1.807) is 37.4 Å². The number of aromatic nitrogens is 2. The van der Waals surface area contributed by atoms with Crippen molar-refractivity contribution >= 4 is 28.3 Å². The average Bonchev–Trinajstić information content (AvgIpc) is 2.99. The van der Waals surface area contributed by atoms with Crippen molar-refractivity contribution < 1.29 is 18.0 Å². The molecule has 0 bridgehead atoms. The number of rotatable bonds is 4. The van der Waals surface area contributed by atoms with Gasteiger partial charge in [-0.25, -0.2) is 4.79 Å². The molecule has 0 saturated carbocycles. The van der Waals surface area contributed by atoms with E-state index in [9.17, 15) is 22.8 Å². The van der Waals surface area contributed by atoms with Crippen LogP contribution in [0.4, 0.5) is 24.5 Å². The number of hydrogen-bond donors (Lipinski definition) is 1. The maximum atomic E-state index is 13.8. The molecule has 1 saturated heterocycles. The van der Waals surface area contributed by atoms with Crippen LogP contribution in [0.25, 0.3) is 11.0 Å². The summed E-state index contributed by atoms with van der Waals surface area (Å²) in [6.45, 7) is 2.39. The van der Waals surface area contributed by atoms with Gasteiger partial charge in [0.25, 0.3) is 0 Å². The van der Waals surface area contributed by atoms with Crippen LogP contribution in [0.5, 0.6) is 0 Å². The first-order valence-electron chi connectivity index (χ1n) is 10.2. The predicted octanol–water partition coefficient (Wildman–Crippen LogP) is 2.75. The molecule has 2 heterocycles. The van der Waals surface area contributed by atoms with E-state index in [2.05, 4.69) is 10.2 Å². The van der Waals surface area contributed by atoms with Crippen LogP contribution in [0.1, 0.15) is 5.56 Å². The van der Waals surface area contributed by atoms with Crippen molar-refractivity contribution in [2.45, 2.75) is 12.7 Å². The number of amides is 1. The highest BCUT2D eigenvalue weighted by Gasteiger charge is 2.35. The van der Waals surface area contributed by atoms with E-state index >= 15 is 0 Å². The van der Waals surface area contributed by atoms with E-state index in [1.807, 2.05) is 11.9 Å². The van der Waals surface area contributed by atoms with Crippen molar-refractivity contribution in [2.75, 3.05) is 43.4 Å². The number of nitrogens with one attached hydrogen (secondary N) is 1. The van der Waals surface area contributed by atoms with Gasteiger partial charge in [-0.05, 0) is 37.4 Å². The van der Waals surface area contributed by atoms with Gasteiger partial charge in [0.15, 0.2) is 0 Å². The molecule has 4 rings (SSSR count). The maximum Gasteiger partial charge on any atom is 0.418 e. The number of halogens is 3. The fourth-order valence-electron chi connectivity index (χ4n) is 3.99. The highest BCUT2D eigenvalue weighted by Crippen LogP contribution is 2.37. The molecular weight excluding hydrogens is 423 g/mol. The van der Waals surface area contributed by atoms with Crippen LogP contribution < -0.4 is 15.9 Å². The molecule has 0 spiro atoms. The van der Waals surface area contributed by atoms with Crippen molar-refractivity contribution in [2.24, 2.45) is 7.05 Å². The Morgan fingerprint density at radius 1 is 1.00 bits per heavy atom. The molecule has 0 radical (unpaired) electrons. The first-order valence-corrected chi connectivity index (χ1v) is 10.2. The number of hydrogen-bond acceptors (Lipinski definition) is 4. The number of imidazole rings is 1. The minimum atomic E-state index is -4.64. The summed E-state index contributed by atoms with van der Waals surface area (Å²) in [7, 11) is 3.55. The lowest BCUT2D eigenvalue weighted by atomic mass is 10.1. The Morgan fingerprint density at radius 3 is 2.31 bits per heavy atom. The van der Waals surface area contributed by atoms with Gasteiger partial charge in [-0.1, -0.05) is 12.1 Å². The molecule has 1 fully saturated rings. The van der Waals surface area contributed by atoms with Crippen LogP contribution in [0.15, 0.2) is 47.3 Å². The maximum absolute atomic E-state index is 13.8. The molecule has 1 aromatic heterocycles. The minimum absolute atomic E-state index is 0.325. The molecule has 1 amide bonds. The number of alkyl halides is 3. The van der Waals surface area contributed by atoms with Crippen LogP contribution in [0, 0.1) is 0 Å². The topological polar surface area (TPSA) is 62.5 Å². The lowest BCUT2D eigenvalue weighted by Gasteiger charge is -2.34. The lowest BCUT2D eigenvalue weighted by molar-refractivity contribution is -0.136. The monoisotopic (exact) mass is 447 g/mol. The number of carbonyl (C=O) groups is 1. The van der Waals surface area contributed by atoms with Gasteiger partial charge in [-0.2, -0.15) is 13.2 Å². The first kappa shape index (κ1) is 21.9. The van der Waals surface area contributed by atoms with Gasteiger partial charge in [0.05, 0.1) is 22.3 Å². The SMILES string of the molecule is CN1CCN(c2ccc(NC(=O)Cn3c(=O)n(C)c4ccccc43)c(C(F)(F)F)c2)CC1. The smallest absolute Gasteiger partial charge is 0.369 e. The Labute approximate surface area is 182 Å². The third-order valence-electron chi connectivity index (χ3n) is 5.80. The molecule has 3 aromatic rings. The van der Waals surface area contributed by atoms with Crippen LogP contribution in [-0.2, 0) is 24.6 Å². The number of nitrogens with zero attached hydrogens (tertiary/aromatic N) is 4. The second-order valence-electron chi connectivity index (χ2n) is 7.98. The molecule has 170 valence electrons. The highest BCUT2D eigenvalue weighted by atomic mass is 19.4. The molecule has 1 aliphatic rings. The number of likely N-dealkylation sites (N-methyl/N-ethyl adjacent to an activating group) is 1. The number of fused-ring (bicyclic) bond motifs is 1. The molecule has 0 aliphatic carbocycles. The zero-order chi connectivity index (χ0) is 23.0. The summed E-state index contributed by atoms with van der Waals surface area (Å²) in [4.78, 5) is 29.1. The fraction of sp³-hybridized carbons (Fsp3) is 0.364. The van der Waals surface area contributed by atoms with E-state index in [0.717, 1.165) is 19.2 Å². The van der Waals surface area contributed by atoms with Crippen molar-refractivity contribution in [1.29, 1.82) is 0 Å². The Hall–Kier alpha value is -3.27. The number of piperazine rings is 1. The van der Waals surface area contributed by atoms with E-state index in [1.165, 1.54) is 15.2 Å². The Balaban J connectivity index is 1.59. The normalized spacial score (nSPS) is 15.3. The van der Waals surface area contributed by atoms with Gasteiger partial charge in [0.1, 0.15) is 6.54 Å². The summed E-state index contributed by atoms with van der Waals surface area (Å²) < 4.78 is 44.0. The molecule has 10 heteroatoms. The molecule has 1 N–H and O–H groups in total. The highest BCUT2D eigenvalue weighted by molar-refractivity contribution is 5.92. The largest absolute Gasteiger partial charge is 0.418 e. The first-order chi connectivity index (χ1) is 15.1. The standard InChI is InChI=1S/C22H24F3N5O2/c1-27-9-11-29(12-10-27)15-7-8-17(16(13-15)22(23,24)25)26-20(31)14-30-19-6-4-3-5-18(19)28(2)21(30)32/h3-8,13H,9-12,14H2,1-2H3,(H,26,31). The molecule has 2 aromatic carbocycles. The van der Waals surface area contributed by atoms with Crippen LogP contribution in [0.2, 0.25) is 0 Å². The number of para-hydroxylation sites is 2. The molecule has 32 heavy (non-hydrogen) atoms. The zero-order valence-electron chi connectivity index (χ0n) is 17.8. The van der Waals surface area contributed by atoms with Gasteiger partial charge in [0.2, 0.25) is 5.91 Å². The predicted molar refractivity (Wildman–Crippen MR) is 117 cm³/mol. The third-order valence-corrected chi connectivity index (χ3v) is 5.80. The van der Waals surface area contributed by atoms with E-state index in [0.29, 0.717) is 29.8 Å². The van der Waals surface area contributed by atoms with Crippen molar-refractivity contribution in [3.05, 3.63) is 58.5 Å². The summed E-state index contributed by atoms with van der Waals surface area (Å²) in [6.07, 6.45) is -4.64. The summed E-state index contributed by atoms with van der Waals surface area (Å²) in [5.74, 6) is -0.707. The van der Waals surface area contributed by atoms with E-state index in [4.69, 9.17) is 0 Å². The van der Waals surface area contributed by atoms with Crippen LogP contribution >= 0.6 is 0 Å². The van der Waals surface area contributed by atoms with Gasteiger partial charge in [-0.3, -0.25) is 13.9 Å². The van der Waals surface area contributed by atoms with Gasteiger partial charge in [0, 0.05) is 38.9 Å². The Bertz CT molecular complexity index is 1210. The second kappa shape index (κ2) is 8.34. The minimum Gasteiger partial charge on any atom is -0.369 e. The van der Waals surface area contributed by atoms with Gasteiger partial charge in [-0.15, -0.1) is 0 Å². The molecule has 0 atom stereocenters. The summed E-state index contributed by atoms with van der Waals surface area (Å²) in [5, 5.41) is 2.35. The number of carbonyl (C=O) groups excluding carboxylic acids is 1. The lowest BCUT2D eigenvalue weighted by Crippen LogP contribution is -2.44. The average molecular weight is 447 g/mol. The van der Waals surface area contributed by atoms with E-state index < -0.39 is 29.9 Å². The Kier molecular flexibility index (Phi) is 5.72. The Morgan fingerprint density at radius 2 is 1.66 bits per heavy atom. The molecule has 0 unspecified atom stereocenters. The van der Waals surface area contributed by atoms with Crippen LogP contribution in [0.3, 0.4) is 0 Å². The van der Waals surface area contributed by atoms with Crippen LogP contribution in [-0.4, -0.2) is 53.2 Å². The zero-order valence-corrected chi connectivity index (χ0v) is 17.8. The number of benzene rings is 2. The van der Waals surface area contributed by atoms with Gasteiger partial charge >= 0.3 is 11.9 Å². The molecule has 7 nitrogen and oxygen atoms in total.